The molecule has 1 aromatic carbocycles. The summed E-state index contributed by atoms with van der Waals surface area (Å²) in [6.07, 6.45) is 1.92. The van der Waals surface area contributed by atoms with Gasteiger partial charge >= 0.3 is 5.97 Å². The van der Waals surface area contributed by atoms with Crippen LogP contribution in [0.4, 0.5) is 5.69 Å². The minimum Gasteiger partial charge on any atom is -0.478 e. The van der Waals surface area contributed by atoms with E-state index < -0.39 is 16.0 Å². The zero-order valence-electron chi connectivity index (χ0n) is 12.5. The molecule has 9 heteroatoms. The van der Waals surface area contributed by atoms with Crippen LogP contribution in [0, 0.1) is 0 Å². The van der Waals surface area contributed by atoms with Crippen molar-refractivity contribution in [3.8, 4) is 0 Å². The van der Waals surface area contributed by atoms with Crippen molar-refractivity contribution in [2.45, 2.75) is 23.8 Å². The fourth-order valence-corrected chi connectivity index (χ4v) is 3.36. The molecule has 1 aliphatic heterocycles. The highest BCUT2D eigenvalue weighted by Gasteiger charge is 2.20. The summed E-state index contributed by atoms with van der Waals surface area (Å²) in [5.41, 5.74) is 0.212. The van der Waals surface area contributed by atoms with Gasteiger partial charge in [0.1, 0.15) is 0 Å². The average Bonchev–Trinajstić information content (AvgIpc) is 3.04. The van der Waals surface area contributed by atoms with Crippen LogP contribution in [0.15, 0.2) is 23.1 Å². The largest absolute Gasteiger partial charge is 0.478 e. The summed E-state index contributed by atoms with van der Waals surface area (Å²) in [6, 6.07) is 3.84. The van der Waals surface area contributed by atoms with Crippen molar-refractivity contribution in [1.82, 2.24) is 4.72 Å². The van der Waals surface area contributed by atoms with E-state index in [0.717, 1.165) is 18.9 Å². The highest BCUT2D eigenvalue weighted by Crippen LogP contribution is 2.22. The SMILES string of the molecule is O=C(O)c1cc(S(=O)(=O)NCCO)ccc1NCC1CCCO1. The fourth-order valence-electron chi connectivity index (χ4n) is 2.31. The van der Waals surface area contributed by atoms with Crippen molar-refractivity contribution in [2.24, 2.45) is 0 Å². The van der Waals surface area contributed by atoms with Crippen molar-refractivity contribution < 1.29 is 28.2 Å². The van der Waals surface area contributed by atoms with E-state index in [1.807, 2.05) is 0 Å². The van der Waals surface area contributed by atoms with E-state index >= 15 is 0 Å². The lowest BCUT2D eigenvalue weighted by Gasteiger charge is -2.15. The van der Waals surface area contributed by atoms with Crippen LogP contribution >= 0.6 is 0 Å². The van der Waals surface area contributed by atoms with Crippen molar-refractivity contribution in [1.29, 1.82) is 0 Å². The maximum Gasteiger partial charge on any atom is 0.337 e. The molecule has 0 bridgehead atoms. The Hall–Kier alpha value is -1.68. The van der Waals surface area contributed by atoms with E-state index in [1.54, 1.807) is 0 Å². The molecule has 128 valence electrons. The number of rotatable bonds is 8. The zero-order valence-corrected chi connectivity index (χ0v) is 13.3. The van der Waals surface area contributed by atoms with E-state index in [0.29, 0.717) is 18.8 Å². The predicted octanol–water partition coefficient (Wildman–Crippen LogP) is 0.246. The van der Waals surface area contributed by atoms with Gasteiger partial charge in [0, 0.05) is 25.4 Å². The maximum absolute atomic E-state index is 12.0. The number of aliphatic hydroxyl groups excluding tert-OH is 1. The van der Waals surface area contributed by atoms with E-state index in [2.05, 4.69) is 10.0 Å². The first-order valence-electron chi connectivity index (χ1n) is 7.27. The fraction of sp³-hybridized carbons (Fsp3) is 0.500. The molecule has 0 spiro atoms. The Kier molecular flexibility index (Phi) is 5.94. The van der Waals surface area contributed by atoms with Crippen LogP contribution in [-0.4, -0.2) is 57.0 Å². The van der Waals surface area contributed by atoms with Gasteiger partial charge in [-0.2, -0.15) is 0 Å². The molecule has 0 saturated carbocycles. The lowest BCUT2D eigenvalue weighted by molar-refractivity contribution is 0.0697. The Labute approximate surface area is 134 Å². The lowest BCUT2D eigenvalue weighted by atomic mass is 10.1. The Morgan fingerprint density at radius 2 is 2.17 bits per heavy atom. The molecule has 1 unspecified atom stereocenters. The van der Waals surface area contributed by atoms with Crippen molar-refractivity contribution >= 4 is 21.7 Å². The van der Waals surface area contributed by atoms with Gasteiger partial charge in [0.25, 0.3) is 0 Å². The number of carboxylic acid groups (broad SMARTS) is 1. The van der Waals surface area contributed by atoms with Crippen molar-refractivity contribution in [2.75, 3.05) is 31.6 Å². The number of anilines is 1. The molecule has 0 aliphatic carbocycles. The number of hydrogen-bond acceptors (Lipinski definition) is 6. The molecule has 2 rings (SSSR count). The molecule has 23 heavy (non-hydrogen) atoms. The van der Waals surface area contributed by atoms with Gasteiger partial charge in [0.2, 0.25) is 10.0 Å². The topological polar surface area (TPSA) is 125 Å². The number of sulfonamides is 1. The number of benzene rings is 1. The van der Waals surface area contributed by atoms with Crippen LogP contribution in [0.2, 0.25) is 0 Å². The number of ether oxygens (including phenoxy) is 1. The highest BCUT2D eigenvalue weighted by molar-refractivity contribution is 7.89. The monoisotopic (exact) mass is 344 g/mol. The van der Waals surface area contributed by atoms with Crippen LogP contribution in [0.5, 0.6) is 0 Å². The molecule has 8 nitrogen and oxygen atoms in total. The second-order valence-electron chi connectivity index (χ2n) is 5.15. The standard InChI is InChI=1S/C14H20N2O6S/c17-6-5-16-23(20,21)11-3-4-13(12(8-11)14(18)19)15-9-10-2-1-7-22-10/h3-4,8,10,15-17H,1-2,5-7,9H2,(H,18,19). The summed E-state index contributed by atoms with van der Waals surface area (Å²) in [5, 5.41) is 21.0. The number of carbonyl (C=O) groups is 1. The van der Waals surface area contributed by atoms with Gasteiger partial charge in [-0.15, -0.1) is 0 Å². The summed E-state index contributed by atoms with van der Waals surface area (Å²) in [6.45, 7) is 0.691. The predicted molar refractivity (Wildman–Crippen MR) is 83.1 cm³/mol. The quantitative estimate of drug-likeness (QED) is 0.532. The number of aromatic carboxylic acids is 1. The Balaban J connectivity index is 2.18. The maximum atomic E-state index is 12.0. The molecule has 1 atom stereocenters. The third kappa shape index (κ3) is 4.64. The van der Waals surface area contributed by atoms with Gasteiger partial charge in [0.05, 0.1) is 23.2 Å². The second kappa shape index (κ2) is 7.73. The molecule has 1 aliphatic rings. The number of nitrogens with one attached hydrogen (secondary N) is 2. The third-order valence-corrected chi connectivity index (χ3v) is 4.94. The minimum atomic E-state index is -3.85. The van der Waals surface area contributed by atoms with Gasteiger partial charge in [-0.3, -0.25) is 0 Å². The Morgan fingerprint density at radius 1 is 1.39 bits per heavy atom. The molecule has 1 saturated heterocycles. The average molecular weight is 344 g/mol. The van der Waals surface area contributed by atoms with Crippen molar-refractivity contribution in [3.05, 3.63) is 23.8 Å². The summed E-state index contributed by atoms with van der Waals surface area (Å²) >= 11 is 0. The first-order chi connectivity index (χ1) is 10.9. The molecule has 0 amide bonds. The third-order valence-electron chi connectivity index (χ3n) is 3.48. The van der Waals surface area contributed by atoms with E-state index in [-0.39, 0.29) is 29.7 Å². The van der Waals surface area contributed by atoms with E-state index in [1.165, 1.54) is 12.1 Å². The van der Waals surface area contributed by atoms with Gasteiger partial charge in [-0.25, -0.2) is 17.9 Å². The van der Waals surface area contributed by atoms with E-state index in [9.17, 15) is 18.3 Å². The van der Waals surface area contributed by atoms with Gasteiger partial charge in [-0.1, -0.05) is 0 Å². The molecule has 1 heterocycles. The normalized spacial score (nSPS) is 18.0. The molecule has 1 fully saturated rings. The second-order valence-corrected chi connectivity index (χ2v) is 6.92. The lowest BCUT2D eigenvalue weighted by Crippen LogP contribution is -2.27. The molecule has 0 aromatic heterocycles. The smallest absolute Gasteiger partial charge is 0.337 e. The van der Waals surface area contributed by atoms with Crippen LogP contribution < -0.4 is 10.0 Å². The van der Waals surface area contributed by atoms with Crippen molar-refractivity contribution in [3.63, 3.8) is 0 Å². The van der Waals surface area contributed by atoms with E-state index in [4.69, 9.17) is 9.84 Å². The minimum absolute atomic E-state index is 0.0336. The Bertz CT molecular complexity index is 655. The number of carboxylic acids is 1. The summed E-state index contributed by atoms with van der Waals surface area (Å²) in [4.78, 5) is 11.2. The molecule has 1 aromatic rings. The van der Waals surface area contributed by atoms with Crippen LogP contribution in [0.25, 0.3) is 0 Å². The summed E-state index contributed by atoms with van der Waals surface area (Å²) in [7, 11) is -3.85. The zero-order chi connectivity index (χ0) is 16.9. The highest BCUT2D eigenvalue weighted by atomic mass is 32.2. The van der Waals surface area contributed by atoms with Crippen LogP contribution in [0.3, 0.4) is 0 Å². The molecule has 0 radical (unpaired) electrons. The first kappa shape index (κ1) is 17.7. The summed E-state index contributed by atoms with van der Waals surface area (Å²) in [5.74, 6) is -1.22. The van der Waals surface area contributed by atoms with Gasteiger partial charge < -0.3 is 20.3 Å². The Morgan fingerprint density at radius 3 is 2.78 bits per heavy atom. The molecule has 4 N–H and O–H groups in total. The van der Waals surface area contributed by atoms with Crippen LogP contribution in [0.1, 0.15) is 23.2 Å². The van der Waals surface area contributed by atoms with Crippen LogP contribution in [-0.2, 0) is 14.8 Å². The number of aliphatic hydroxyl groups is 1. The van der Waals surface area contributed by atoms with Gasteiger partial charge in [-0.05, 0) is 31.0 Å². The number of hydrogen-bond donors (Lipinski definition) is 4. The molecular formula is C14H20N2O6S. The molecular weight excluding hydrogens is 324 g/mol. The van der Waals surface area contributed by atoms with Gasteiger partial charge in [0.15, 0.2) is 0 Å². The first-order valence-corrected chi connectivity index (χ1v) is 8.75. The summed E-state index contributed by atoms with van der Waals surface area (Å²) < 4.78 is 31.6.